The SMILES string of the molecule is Nc1ncnc2c1ncn2C[C@H]1OC[C@@H](N)[C@@H](O)[C@H]1O. The van der Waals surface area contributed by atoms with Crippen molar-refractivity contribution >= 4 is 17.0 Å². The minimum atomic E-state index is -1.06. The highest BCUT2D eigenvalue weighted by molar-refractivity contribution is 5.81. The number of hydrogen-bond acceptors (Lipinski definition) is 8. The molecule has 1 fully saturated rings. The summed E-state index contributed by atoms with van der Waals surface area (Å²) in [5, 5.41) is 19.8. The molecule has 3 heterocycles. The van der Waals surface area contributed by atoms with Crippen LogP contribution < -0.4 is 11.5 Å². The monoisotopic (exact) mass is 280 g/mol. The van der Waals surface area contributed by atoms with Crippen LogP contribution in [0.2, 0.25) is 0 Å². The lowest BCUT2D eigenvalue weighted by atomic mass is 9.99. The molecule has 3 rings (SSSR count). The zero-order chi connectivity index (χ0) is 14.3. The highest BCUT2D eigenvalue weighted by Crippen LogP contribution is 2.19. The van der Waals surface area contributed by atoms with Crippen LogP contribution in [0.5, 0.6) is 0 Å². The molecule has 0 spiro atoms. The first kappa shape index (κ1) is 13.2. The van der Waals surface area contributed by atoms with Gasteiger partial charge in [0.25, 0.3) is 0 Å². The molecule has 0 radical (unpaired) electrons. The molecular formula is C11H16N6O3. The minimum Gasteiger partial charge on any atom is -0.389 e. The van der Waals surface area contributed by atoms with Crippen LogP contribution in [0.15, 0.2) is 12.7 Å². The average Bonchev–Trinajstić information content (AvgIpc) is 2.84. The molecule has 108 valence electrons. The predicted molar refractivity (Wildman–Crippen MR) is 69.5 cm³/mol. The number of aromatic nitrogens is 4. The van der Waals surface area contributed by atoms with E-state index < -0.39 is 24.4 Å². The lowest BCUT2D eigenvalue weighted by Gasteiger charge is -2.36. The largest absolute Gasteiger partial charge is 0.389 e. The Morgan fingerprint density at radius 3 is 2.90 bits per heavy atom. The second-order valence-electron chi connectivity index (χ2n) is 4.84. The molecule has 1 saturated heterocycles. The number of hydrogen-bond donors (Lipinski definition) is 4. The summed E-state index contributed by atoms with van der Waals surface area (Å²) in [7, 11) is 0. The van der Waals surface area contributed by atoms with E-state index in [1.54, 1.807) is 10.9 Å². The molecule has 2 aromatic rings. The number of aliphatic hydroxyl groups excluding tert-OH is 2. The van der Waals surface area contributed by atoms with Crippen LogP contribution in [-0.2, 0) is 11.3 Å². The van der Waals surface area contributed by atoms with Gasteiger partial charge in [0.05, 0.1) is 31.6 Å². The molecule has 9 nitrogen and oxygen atoms in total. The van der Waals surface area contributed by atoms with Gasteiger partial charge >= 0.3 is 0 Å². The Morgan fingerprint density at radius 1 is 1.30 bits per heavy atom. The Hall–Kier alpha value is -1.81. The summed E-state index contributed by atoms with van der Waals surface area (Å²) in [5.74, 6) is 0.293. The van der Waals surface area contributed by atoms with Gasteiger partial charge in [-0.2, -0.15) is 0 Å². The first-order valence-electron chi connectivity index (χ1n) is 6.22. The number of nitrogens with zero attached hydrogens (tertiary/aromatic N) is 4. The van der Waals surface area contributed by atoms with E-state index in [1.165, 1.54) is 6.33 Å². The maximum absolute atomic E-state index is 9.99. The maximum atomic E-state index is 9.99. The third-order valence-electron chi connectivity index (χ3n) is 3.48. The number of aliphatic hydroxyl groups is 2. The van der Waals surface area contributed by atoms with Crippen molar-refractivity contribution in [1.29, 1.82) is 0 Å². The fraction of sp³-hybridized carbons (Fsp3) is 0.545. The molecule has 6 N–H and O–H groups in total. The molecule has 0 unspecified atom stereocenters. The van der Waals surface area contributed by atoms with Crippen molar-refractivity contribution in [3.05, 3.63) is 12.7 Å². The maximum Gasteiger partial charge on any atom is 0.165 e. The highest BCUT2D eigenvalue weighted by atomic mass is 16.5. The van der Waals surface area contributed by atoms with E-state index in [0.29, 0.717) is 17.0 Å². The smallest absolute Gasteiger partial charge is 0.165 e. The lowest BCUT2D eigenvalue weighted by molar-refractivity contribution is -0.148. The zero-order valence-electron chi connectivity index (χ0n) is 10.6. The normalized spacial score (nSPS) is 30.8. The number of nitrogens with two attached hydrogens (primary N) is 2. The van der Waals surface area contributed by atoms with E-state index in [9.17, 15) is 10.2 Å². The second-order valence-corrected chi connectivity index (χ2v) is 4.84. The predicted octanol–water partition coefficient (Wildman–Crippen LogP) is -2.14. The summed E-state index contributed by atoms with van der Waals surface area (Å²) in [6.07, 6.45) is 0.239. The standard InChI is InChI=1S/C11H16N6O3/c12-5-2-20-6(9(19)8(5)18)1-17-4-16-7-10(13)14-3-15-11(7)17/h3-6,8-9,18-19H,1-2,12H2,(H2,13,14,15)/t5-,6-,8-,9+/m1/s1. The van der Waals surface area contributed by atoms with E-state index in [0.717, 1.165) is 0 Å². The van der Waals surface area contributed by atoms with Crippen LogP contribution in [0.25, 0.3) is 11.2 Å². The van der Waals surface area contributed by atoms with Crippen molar-refractivity contribution in [2.45, 2.75) is 30.9 Å². The van der Waals surface area contributed by atoms with Crippen molar-refractivity contribution in [3.63, 3.8) is 0 Å². The lowest BCUT2D eigenvalue weighted by Crippen LogP contribution is -2.57. The first-order valence-corrected chi connectivity index (χ1v) is 6.22. The van der Waals surface area contributed by atoms with Crippen LogP contribution in [0.1, 0.15) is 0 Å². The van der Waals surface area contributed by atoms with E-state index >= 15 is 0 Å². The molecule has 0 aliphatic carbocycles. The minimum absolute atomic E-state index is 0.187. The summed E-state index contributed by atoms with van der Waals surface area (Å²) in [6.45, 7) is 0.477. The van der Waals surface area contributed by atoms with Gasteiger partial charge in [-0.25, -0.2) is 15.0 Å². The number of nitrogen functional groups attached to an aromatic ring is 1. The molecule has 4 atom stereocenters. The summed E-state index contributed by atoms with van der Waals surface area (Å²) >= 11 is 0. The van der Waals surface area contributed by atoms with Gasteiger partial charge in [-0.05, 0) is 0 Å². The Balaban J connectivity index is 1.85. The van der Waals surface area contributed by atoms with Gasteiger partial charge in [0.1, 0.15) is 24.1 Å². The van der Waals surface area contributed by atoms with Crippen LogP contribution >= 0.6 is 0 Å². The second kappa shape index (κ2) is 4.94. The van der Waals surface area contributed by atoms with Gasteiger partial charge in [-0.1, -0.05) is 0 Å². The van der Waals surface area contributed by atoms with E-state index in [4.69, 9.17) is 16.2 Å². The number of fused-ring (bicyclic) bond motifs is 1. The molecule has 20 heavy (non-hydrogen) atoms. The molecule has 0 aromatic carbocycles. The Bertz CT molecular complexity index is 617. The first-order chi connectivity index (χ1) is 9.58. The highest BCUT2D eigenvalue weighted by Gasteiger charge is 2.36. The molecule has 0 saturated carbocycles. The van der Waals surface area contributed by atoms with Crippen LogP contribution in [-0.4, -0.2) is 60.7 Å². The summed E-state index contributed by atoms with van der Waals surface area (Å²) < 4.78 is 7.17. The van der Waals surface area contributed by atoms with Crippen molar-refractivity contribution in [1.82, 2.24) is 19.5 Å². The molecule has 1 aliphatic rings. The van der Waals surface area contributed by atoms with Gasteiger partial charge in [-0.3, -0.25) is 0 Å². The number of ether oxygens (including phenoxy) is 1. The van der Waals surface area contributed by atoms with E-state index in [1.807, 2.05) is 0 Å². The van der Waals surface area contributed by atoms with E-state index in [-0.39, 0.29) is 13.2 Å². The third-order valence-corrected chi connectivity index (χ3v) is 3.48. The van der Waals surface area contributed by atoms with Gasteiger partial charge in [0.2, 0.25) is 0 Å². The topological polar surface area (TPSA) is 145 Å². The Kier molecular flexibility index (Phi) is 3.26. The Labute approximate surface area is 114 Å². The van der Waals surface area contributed by atoms with Crippen molar-refractivity contribution < 1.29 is 14.9 Å². The molecular weight excluding hydrogens is 264 g/mol. The van der Waals surface area contributed by atoms with Gasteiger partial charge in [-0.15, -0.1) is 0 Å². The van der Waals surface area contributed by atoms with E-state index in [2.05, 4.69) is 15.0 Å². The average molecular weight is 280 g/mol. The number of anilines is 1. The van der Waals surface area contributed by atoms with Crippen molar-refractivity contribution in [2.24, 2.45) is 5.73 Å². The third kappa shape index (κ3) is 2.10. The van der Waals surface area contributed by atoms with Crippen LogP contribution in [0, 0.1) is 0 Å². The van der Waals surface area contributed by atoms with Gasteiger partial charge < -0.3 is 31.0 Å². The molecule has 0 amide bonds. The fourth-order valence-electron chi connectivity index (χ4n) is 2.29. The van der Waals surface area contributed by atoms with Gasteiger partial charge in [0, 0.05) is 0 Å². The molecule has 1 aliphatic heterocycles. The summed E-state index contributed by atoms with van der Waals surface area (Å²) in [5.41, 5.74) is 12.4. The summed E-state index contributed by atoms with van der Waals surface area (Å²) in [6, 6.07) is -0.584. The summed E-state index contributed by atoms with van der Waals surface area (Å²) in [4.78, 5) is 12.1. The molecule has 9 heteroatoms. The fourth-order valence-corrected chi connectivity index (χ4v) is 2.29. The van der Waals surface area contributed by atoms with Gasteiger partial charge in [0.15, 0.2) is 11.5 Å². The number of rotatable bonds is 2. The zero-order valence-corrected chi connectivity index (χ0v) is 10.6. The van der Waals surface area contributed by atoms with Crippen molar-refractivity contribution in [3.8, 4) is 0 Å². The number of imidazole rings is 1. The Morgan fingerprint density at radius 2 is 2.10 bits per heavy atom. The molecule has 2 aromatic heterocycles. The van der Waals surface area contributed by atoms with Crippen LogP contribution in [0.4, 0.5) is 5.82 Å². The van der Waals surface area contributed by atoms with Crippen molar-refractivity contribution in [2.75, 3.05) is 12.3 Å². The quantitative estimate of drug-likeness (QED) is 0.487. The molecule has 0 bridgehead atoms. The van der Waals surface area contributed by atoms with Crippen LogP contribution in [0.3, 0.4) is 0 Å².